The number of para-hydroxylation sites is 1. The number of benzene rings is 3. The van der Waals surface area contributed by atoms with Gasteiger partial charge in [0.05, 0.1) is 23.6 Å². The molecule has 6 rings (SSSR count). The van der Waals surface area contributed by atoms with E-state index in [0.717, 1.165) is 4.90 Å². The van der Waals surface area contributed by atoms with Gasteiger partial charge in [-0.3, -0.25) is 19.2 Å². The molecule has 2 saturated heterocycles. The summed E-state index contributed by atoms with van der Waals surface area (Å²) in [7, 11) is 0. The Balaban J connectivity index is 1.44. The van der Waals surface area contributed by atoms with E-state index in [1.54, 1.807) is 77.8 Å². The van der Waals surface area contributed by atoms with E-state index in [-0.39, 0.29) is 17.3 Å². The van der Waals surface area contributed by atoms with Crippen LogP contribution in [0.1, 0.15) is 20.7 Å². The van der Waals surface area contributed by atoms with Crippen molar-refractivity contribution >= 4 is 40.7 Å². The monoisotopic (exact) mass is 526 g/mol. The van der Waals surface area contributed by atoms with Gasteiger partial charge in [-0.05, 0) is 42.5 Å². The highest BCUT2D eigenvalue weighted by molar-refractivity contribution is 6.30. The summed E-state index contributed by atoms with van der Waals surface area (Å²) in [5.41, 5.74) is 0.992. The fraction of sp³-hybridized carbons (Fsp3) is 0.133. The van der Waals surface area contributed by atoms with E-state index in [1.165, 1.54) is 24.3 Å². The van der Waals surface area contributed by atoms with Crippen LogP contribution in [0.3, 0.4) is 0 Å². The van der Waals surface area contributed by atoms with Crippen LogP contribution in [0.2, 0.25) is 5.02 Å². The molecule has 6 nitrogen and oxygen atoms in total. The van der Waals surface area contributed by atoms with Gasteiger partial charge in [0, 0.05) is 27.9 Å². The van der Waals surface area contributed by atoms with Gasteiger partial charge in [-0.2, -0.15) is 0 Å². The lowest BCUT2D eigenvalue weighted by Crippen LogP contribution is -2.46. The van der Waals surface area contributed by atoms with Crippen LogP contribution in [0.25, 0.3) is 0 Å². The largest absolute Gasteiger partial charge is 0.359 e. The minimum Gasteiger partial charge on any atom is -0.359 e. The predicted octanol–water partition coefficient (Wildman–Crippen LogP) is 4.86. The third kappa shape index (κ3) is 3.70. The second kappa shape index (κ2) is 9.19. The number of hydrogen-bond acceptors (Lipinski definition) is 5. The van der Waals surface area contributed by atoms with Gasteiger partial charge < -0.3 is 4.90 Å². The molecule has 0 N–H and O–H groups in total. The van der Waals surface area contributed by atoms with Gasteiger partial charge in [-0.25, -0.2) is 9.29 Å². The Bertz CT molecular complexity index is 1550. The third-order valence-corrected chi connectivity index (χ3v) is 7.59. The van der Waals surface area contributed by atoms with Gasteiger partial charge >= 0.3 is 0 Å². The van der Waals surface area contributed by atoms with Gasteiger partial charge in [-0.15, -0.1) is 0 Å². The first-order valence-corrected chi connectivity index (χ1v) is 12.4. The lowest BCUT2D eigenvalue weighted by atomic mass is 9.85. The Morgan fingerprint density at radius 2 is 1.45 bits per heavy atom. The number of imide groups is 1. The number of anilines is 1. The van der Waals surface area contributed by atoms with Crippen LogP contribution in [-0.4, -0.2) is 40.4 Å². The van der Waals surface area contributed by atoms with E-state index in [9.17, 15) is 23.6 Å². The molecule has 0 bridgehead atoms. The van der Waals surface area contributed by atoms with Crippen molar-refractivity contribution in [3.63, 3.8) is 0 Å². The van der Waals surface area contributed by atoms with Crippen molar-refractivity contribution in [3.05, 3.63) is 125 Å². The number of rotatable bonds is 5. The van der Waals surface area contributed by atoms with E-state index >= 15 is 0 Å². The maximum absolute atomic E-state index is 14.7. The average molecular weight is 527 g/mol. The minimum atomic E-state index is -1.07. The summed E-state index contributed by atoms with van der Waals surface area (Å²) in [4.78, 5) is 57.0. The molecule has 0 saturated carbocycles. The molecule has 3 aromatic rings. The molecule has 188 valence electrons. The Morgan fingerprint density at radius 3 is 2.16 bits per heavy atom. The predicted molar refractivity (Wildman–Crippen MR) is 139 cm³/mol. The number of fused-ring (bicyclic) bond motifs is 3. The number of carbonyl (C=O) groups excluding carboxylic acids is 4. The lowest BCUT2D eigenvalue weighted by molar-refractivity contribution is -0.123. The summed E-state index contributed by atoms with van der Waals surface area (Å²) >= 11 is 6.00. The van der Waals surface area contributed by atoms with Crippen LogP contribution in [-0.2, 0) is 9.59 Å². The quantitative estimate of drug-likeness (QED) is 0.351. The molecule has 8 heteroatoms. The van der Waals surface area contributed by atoms with Crippen molar-refractivity contribution in [2.24, 2.45) is 11.8 Å². The maximum atomic E-state index is 14.7. The van der Waals surface area contributed by atoms with Crippen molar-refractivity contribution in [1.29, 1.82) is 0 Å². The molecule has 3 aromatic carbocycles. The molecule has 0 spiro atoms. The smallest absolute Gasteiger partial charge is 0.240 e. The van der Waals surface area contributed by atoms with Gasteiger partial charge in [0.25, 0.3) is 0 Å². The van der Waals surface area contributed by atoms with Crippen molar-refractivity contribution < 1.29 is 23.6 Å². The number of amides is 2. The number of ketones is 2. The number of carbonyl (C=O) groups is 4. The Morgan fingerprint density at radius 1 is 0.789 bits per heavy atom. The molecule has 3 aliphatic rings. The molecular weight excluding hydrogens is 507 g/mol. The van der Waals surface area contributed by atoms with E-state index in [1.807, 2.05) is 0 Å². The summed E-state index contributed by atoms with van der Waals surface area (Å²) in [6, 6.07) is 18.8. The molecule has 3 heterocycles. The Labute approximate surface area is 222 Å². The van der Waals surface area contributed by atoms with Crippen molar-refractivity contribution in [3.8, 4) is 0 Å². The Kier molecular flexibility index (Phi) is 5.80. The highest BCUT2D eigenvalue weighted by atomic mass is 35.5. The van der Waals surface area contributed by atoms with E-state index in [0.29, 0.717) is 21.7 Å². The molecule has 3 aliphatic heterocycles. The van der Waals surface area contributed by atoms with Crippen LogP contribution in [0, 0.1) is 17.7 Å². The first-order chi connectivity index (χ1) is 18.4. The van der Waals surface area contributed by atoms with Crippen molar-refractivity contribution in [1.82, 2.24) is 4.90 Å². The van der Waals surface area contributed by atoms with Crippen molar-refractivity contribution in [2.45, 2.75) is 12.1 Å². The van der Waals surface area contributed by atoms with Crippen molar-refractivity contribution in [2.75, 3.05) is 4.90 Å². The van der Waals surface area contributed by atoms with Gasteiger partial charge in [0.15, 0.2) is 11.6 Å². The number of halogens is 2. The number of hydrogen-bond donors (Lipinski definition) is 0. The summed E-state index contributed by atoms with van der Waals surface area (Å²) in [6.45, 7) is 0. The fourth-order valence-corrected chi connectivity index (χ4v) is 5.74. The Hall–Kier alpha value is -4.36. The first kappa shape index (κ1) is 24.0. The molecule has 0 radical (unpaired) electrons. The van der Waals surface area contributed by atoms with E-state index < -0.39 is 41.6 Å². The van der Waals surface area contributed by atoms with Crippen LogP contribution < -0.4 is 4.90 Å². The second-order valence-electron chi connectivity index (χ2n) is 9.40. The highest BCUT2D eigenvalue weighted by Crippen LogP contribution is 2.47. The van der Waals surface area contributed by atoms with Crippen LogP contribution >= 0.6 is 11.6 Å². The molecule has 0 aliphatic carbocycles. The number of allylic oxidation sites excluding steroid dienone is 2. The maximum Gasteiger partial charge on any atom is 0.240 e. The second-order valence-corrected chi connectivity index (χ2v) is 9.84. The lowest BCUT2D eigenvalue weighted by Gasteiger charge is -2.32. The zero-order valence-corrected chi connectivity index (χ0v) is 20.6. The highest BCUT2D eigenvalue weighted by Gasteiger charge is 2.63. The molecule has 4 atom stereocenters. The van der Waals surface area contributed by atoms with E-state index in [2.05, 4.69) is 0 Å². The van der Waals surface area contributed by atoms with E-state index in [4.69, 9.17) is 11.6 Å². The average Bonchev–Trinajstić information content (AvgIpc) is 3.41. The SMILES string of the molecule is O=C(C1=C[C@@H]2[C@@H]3C(=O)N(c4ccccc4F)C(=O)[C@H]3[C@H](C(=O)c3ccc(Cl)cc3)N2C=C1)c1ccccc1. The van der Waals surface area contributed by atoms with Gasteiger partial charge in [0.2, 0.25) is 11.8 Å². The first-order valence-electron chi connectivity index (χ1n) is 12.1. The summed E-state index contributed by atoms with van der Waals surface area (Å²) in [5.74, 6) is -4.63. The minimum absolute atomic E-state index is 0.156. The molecule has 0 unspecified atom stereocenters. The summed E-state index contributed by atoms with van der Waals surface area (Å²) in [5, 5.41) is 0.450. The molecule has 2 fully saturated rings. The molecular formula is C30H20ClFN2O4. The number of Topliss-reactive ketones (excluding diaryl/α,β-unsaturated/α-hetero) is 2. The summed E-state index contributed by atoms with van der Waals surface area (Å²) in [6.07, 6.45) is 4.84. The number of nitrogens with zero attached hydrogens (tertiary/aromatic N) is 2. The zero-order valence-electron chi connectivity index (χ0n) is 19.8. The summed E-state index contributed by atoms with van der Waals surface area (Å²) < 4.78 is 14.7. The molecule has 0 aromatic heterocycles. The standard InChI is InChI=1S/C30H20ClFN2O4/c31-20-12-10-18(11-13-20)28(36)26-25-24(29(37)34(30(25)38)22-9-5-4-8-21(22)32)23-16-19(14-15-33(23)26)27(35)17-6-2-1-3-7-17/h1-16,23-26H/t23-,24+,25-,26-/m1/s1. The van der Waals surface area contributed by atoms with Gasteiger partial charge in [-0.1, -0.05) is 60.1 Å². The van der Waals surface area contributed by atoms with Gasteiger partial charge in [0.1, 0.15) is 11.9 Å². The molecule has 38 heavy (non-hydrogen) atoms. The van der Waals surface area contributed by atoms with Crippen LogP contribution in [0.5, 0.6) is 0 Å². The topological polar surface area (TPSA) is 74.8 Å². The fourth-order valence-electron chi connectivity index (χ4n) is 5.61. The van der Waals surface area contributed by atoms with Crippen LogP contribution in [0.4, 0.5) is 10.1 Å². The van der Waals surface area contributed by atoms with Crippen LogP contribution in [0.15, 0.2) is 103 Å². The zero-order chi connectivity index (χ0) is 26.6. The normalized spacial score (nSPS) is 23.8. The third-order valence-electron chi connectivity index (χ3n) is 7.34. The molecule has 2 amide bonds.